The average molecular weight is 291 g/mol. The van der Waals surface area contributed by atoms with Gasteiger partial charge in [-0.15, -0.1) is 0 Å². The molecule has 0 heterocycles. The fourth-order valence-electron chi connectivity index (χ4n) is 5.16. The number of nitrogens with one attached hydrogen (secondary N) is 1. The van der Waals surface area contributed by atoms with Crippen LogP contribution in [-0.4, -0.2) is 25.0 Å². The van der Waals surface area contributed by atoms with E-state index in [0.717, 1.165) is 24.3 Å². The Morgan fingerprint density at radius 2 is 1.71 bits per heavy atom. The lowest BCUT2D eigenvalue weighted by Crippen LogP contribution is -2.51. The smallest absolute Gasteiger partial charge is 0.330 e. The fourth-order valence-corrected chi connectivity index (χ4v) is 5.16. The van der Waals surface area contributed by atoms with E-state index in [1.165, 1.54) is 44.6 Å². The Bertz CT molecular complexity index is 420. The molecule has 0 aromatic carbocycles. The lowest BCUT2D eigenvalue weighted by molar-refractivity contribution is -0.144. The van der Waals surface area contributed by atoms with Gasteiger partial charge in [0.25, 0.3) is 5.91 Å². The van der Waals surface area contributed by atoms with Crippen molar-refractivity contribution in [2.24, 2.45) is 23.2 Å². The highest BCUT2D eigenvalue weighted by Gasteiger charge is 2.50. The third-order valence-corrected chi connectivity index (χ3v) is 5.47. The summed E-state index contributed by atoms with van der Waals surface area (Å²) in [4.78, 5) is 23.0. The molecule has 0 spiro atoms. The van der Waals surface area contributed by atoms with E-state index in [4.69, 9.17) is 4.74 Å². The van der Waals surface area contributed by atoms with Crippen LogP contribution in [0.1, 0.15) is 45.4 Å². The second kappa shape index (κ2) is 5.82. The molecule has 0 aliphatic heterocycles. The van der Waals surface area contributed by atoms with Crippen LogP contribution in [0.2, 0.25) is 0 Å². The van der Waals surface area contributed by atoms with Crippen molar-refractivity contribution in [2.45, 2.75) is 45.4 Å². The second-order valence-electron chi connectivity index (χ2n) is 7.30. The molecule has 4 nitrogen and oxygen atoms in total. The highest BCUT2D eigenvalue weighted by atomic mass is 16.5. The number of ether oxygens (including phenoxy) is 1. The molecule has 1 N–H and O–H groups in total. The topological polar surface area (TPSA) is 55.4 Å². The number of hydrogen-bond donors (Lipinski definition) is 1. The zero-order valence-corrected chi connectivity index (χ0v) is 12.8. The molecule has 4 aliphatic carbocycles. The zero-order chi connectivity index (χ0) is 14.9. The predicted molar refractivity (Wildman–Crippen MR) is 79.4 cm³/mol. The molecule has 0 radical (unpaired) electrons. The Kier molecular flexibility index (Phi) is 4.05. The summed E-state index contributed by atoms with van der Waals surface area (Å²) in [6, 6.07) is 0. The Morgan fingerprint density at radius 3 is 2.24 bits per heavy atom. The third-order valence-electron chi connectivity index (χ3n) is 5.47. The molecule has 0 unspecified atom stereocenters. The van der Waals surface area contributed by atoms with E-state index in [9.17, 15) is 9.59 Å². The molecule has 21 heavy (non-hydrogen) atoms. The van der Waals surface area contributed by atoms with E-state index in [1.807, 2.05) is 0 Å². The molecule has 116 valence electrons. The molecule has 4 rings (SSSR count). The van der Waals surface area contributed by atoms with Crippen molar-refractivity contribution in [3.8, 4) is 0 Å². The van der Waals surface area contributed by atoms with Gasteiger partial charge in [-0.2, -0.15) is 0 Å². The van der Waals surface area contributed by atoms with Gasteiger partial charge < -0.3 is 10.1 Å². The summed E-state index contributed by atoms with van der Waals surface area (Å²) in [5.41, 5.74) is 0.331. The summed E-state index contributed by atoms with van der Waals surface area (Å²) in [5, 5.41) is 3.00. The molecule has 4 saturated carbocycles. The minimum atomic E-state index is -0.456. The first-order valence-corrected chi connectivity index (χ1v) is 8.15. The highest BCUT2D eigenvalue weighted by Crippen LogP contribution is 2.59. The molecule has 1 amide bonds. The van der Waals surface area contributed by atoms with Crippen molar-refractivity contribution in [2.75, 3.05) is 13.2 Å². The van der Waals surface area contributed by atoms with Crippen molar-refractivity contribution < 1.29 is 14.3 Å². The number of carbonyl (C=O) groups excluding carboxylic acids is 2. The number of allylic oxidation sites excluding steroid dienone is 1. The number of rotatable bonds is 5. The highest BCUT2D eigenvalue weighted by molar-refractivity contribution is 5.85. The van der Waals surface area contributed by atoms with Gasteiger partial charge >= 0.3 is 5.97 Å². The summed E-state index contributed by atoms with van der Waals surface area (Å²) in [6.07, 6.45) is 11.0. The lowest BCUT2D eigenvalue weighted by atomic mass is 9.49. The Hall–Kier alpha value is -1.32. The van der Waals surface area contributed by atoms with Crippen LogP contribution in [0.25, 0.3) is 0 Å². The molecule has 0 atom stereocenters. The number of esters is 1. The predicted octanol–water partition coefficient (Wildman–Crippen LogP) is 2.44. The molecule has 0 aromatic rings. The lowest BCUT2D eigenvalue weighted by Gasteiger charge is -2.56. The van der Waals surface area contributed by atoms with Crippen LogP contribution >= 0.6 is 0 Å². The van der Waals surface area contributed by atoms with Crippen molar-refractivity contribution in [1.82, 2.24) is 5.32 Å². The van der Waals surface area contributed by atoms with Gasteiger partial charge in [-0.3, -0.25) is 4.79 Å². The van der Waals surface area contributed by atoms with E-state index in [-0.39, 0.29) is 12.5 Å². The number of hydrogen-bond acceptors (Lipinski definition) is 3. The number of amides is 1. The van der Waals surface area contributed by atoms with Gasteiger partial charge in [0, 0.05) is 12.6 Å². The second-order valence-corrected chi connectivity index (χ2v) is 7.30. The van der Waals surface area contributed by atoms with Gasteiger partial charge in [-0.05, 0) is 68.6 Å². The first-order valence-electron chi connectivity index (χ1n) is 8.15. The van der Waals surface area contributed by atoms with Crippen LogP contribution in [0, 0.1) is 23.2 Å². The fraction of sp³-hybridized carbons (Fsp3) is 0.765. The monoisotopic (exact) mass is 291 g/mol. The van der Waals surface area contributed by atoms with E-state index < -0.39 is 5.97 Å². The van der Waals surface area contributed by atoms with Gasteiger partial charge in [0.15, 0.2) is 6.61 Å². The summed E-state index contributed by atoms with van der Waals surface area (Å²) < 4.78 is 4.88. The van der Waals surface area contributed by atoms with E-state index >= 15 is 0 Å². The molecule has 4 aliphatic rings. The van der Waals surface area contributed by atoms with Crippen LogP contribution in [0.3, 0.4) is 0 Å². The van der Waals surface area contributed by atoms with Crippen molar-refractivity contribution in [3.05, 3.63) is 12.2 Å². The van der Waals surface area contributed by atoms with E-state index in [0.29, 0.717) is 5.41 Å². The normalized spacial score (nSPS) is 36.9. The first kappa shape index (κ1) is 14.6. The molecular weight excluding hydrogens is 266 g/mol. The van der Waals surface area contributed by atoms with Crippen molar-refractivity contribution in [1.29, 1.82) is 0 Å². The van der Waals surface area contributed by atoms with Crippen LogP contribution in [-0.2, 0) is 14.3 Å². The van der Waals surface area contributed by atoms with Gasteiger partial charge in [-0.25, -0.2) is 4.79 Å². The first-order chi connectivity index (χ1) is 10.1. The zero-order valence-electron chi connectivity index (χ0n) is 12.8. The molecule has 4 fully saturated rings. The van der Waals surface area contributed by atoms with Crippen molar-refractivity contribution in [3.63, 3.8) is 0 Å². The van der Waals surface area contributed by atoms with E-state index in [2.05, 4.69) is 5.32 Å². The number of carbonyl (C=O) groups is 2. The van der Waals surface area contributed by atoms with Crippen LogP contribution in [0.5, 0.6) is 0 Å². The maximum Gasteiger partial charge on any atom is 0.330 e. The summed E-state index contributed by atoms with van der Waals surface area (Å²) >= 11 is 0. The molecule has 4 heteroatoms. The van der Waals surface area contributed by atoms with Gasteiger partial charge in [-0.1, -0.05) is 6.08 Å². The largest absolute Gasteiger partial charge is 0.452 e. The summed E-state index contributed by atoms with van der Waals surface area (Å²) in [7, 11) is 0. The van der Waals surface area contributed by atoms with Gasteiger partial charge in [0.2, 0.25) is 0 Å². The summed E-state index contributed by atoms with van der Waals surface area (Å²) in [6.45, 7) is 2.33. The van der Waals surface area contributed by atoms with Crippen LogP contribution in [0.4, 0.5) is 0 Å². The minimum Gasteiger partial charge on any atom is -0.452 e. The summed E-state index contributed by atoms with van der Waals surface area (Å²) in [5.74, 6) is 2.04. The van der Waals surface area contributed by atoms with Gasteiger partial charge in [0.05, 0.1) is 0 Å². The van der Waals surface area contributed by atoms with Crippen LogP contribution in [0.15, 0.2) is 12.2 Å². The Balaban J connectivity index is 1.47. The van der Waals surface area contributed by atoms with Gasteiger partial charge in [0.1, 0.15) is 0 Å². The maximum atomic E-state index is 11.8. The molecular formula is C17H25NO3. The Morgan fingerprint density at radius 1 is 1.14 bits per heavy atom. The maximum absolute atomic E-state index is 11.8. The van der Waals surface area contributed by atoms with E-state index in [1.54, 1.807) is 13.0 Å². The van der Waals surface area contributed by atoms with Crippen LogP contribution < -0.4 is 5.32 Å². The SMILES string of the molecule is C/C=C/C(=O)OCC(=O)NCC12CC3CC(CC(C3)C1)C2. The quantitative estimate of drug-likeness (QED) is 0.625. The Labute approximate surface area is 126 Å². The average Bonchev–Trinajstić information content (AvgIpc) is 2.42. The third kappa shape index (κ3) is 3.30. The standard InChI is InChI=1S/C17H25NO3/c1-2-3-16(20)21-10-15(19)18-11-17-7-12-4-13(8-17)6-14(5-12)9-17/h2-3,12-14H,4-11H2,1H3,(H,18,19)/b3-2+. The molecule has 0 saturated heterocycles. The van der Waals surface area contributed by atoms with Crippen molar-refractivity contribution >= 4 is 11.9 Å². The molecule has 4 bridgehead atoms. The molecule has 0 aromatic heterocycles. The minimum absolute atomic E-state index is 0.171.